The van der Waals surface area contributed by atoms with E-state index in [1.165, 1.54) is 19.3 Å². The molecule has 0 radical (unpaired) electrons. The van der Waals surface area contributed by atoms with Crippen molar-refractivity contribution in [3.05, 3.63) is 29.3 Å². The number of imide groups is 1. The molecule has 0 spiro atoms. The molecule has 1 aromatic carbocycles. The Hall–Kier alpha value is -3.10. The van der Waals surface area contributed by atoms with Gasteiger partial charge >= 0.3 is 6.09 Å². The first-order valence-electron chi connectivity index (χ1n) is 14.5. The van der Waals surface area contributed by atoms with E-state index in [0.717, 1.165) is 31.4 Å². The number of amides is 4. The van der Waals surface area contributed by atoms with Crippen molar-refractivity contribution >= 4 is 29.5 Å². The number of piperazine rings is 1. The molecule has 1 aliphatic carbocycles. The van der Waals surface area contributed by atoms with Gasteiger partial charge in [-0.2, -0.15) is 0 Å². The number of anilines is 1. The monoisotopic (exact) mass is 524 g/mol. The maximum absolute atomic E-state index is 13.6. The van der Waals surface area contributed by atoms with E-state index in [9.17, 15) is 19.2 Å². The van der Waals surface area contributed by atoms with Crippen molar-refractivity contribution in [1.82, 2.24) is 14.7 Å². The van der Waals surface area contributed by atoms with Gasteiger partial charge < -0.3 is 19.4 Å². The smallest absolute Gasteiger partial charge is 0.409 e. The highest BCUT2D eigenvalue weighted by Crippen LogP contribution is 2.37. The van der Waals surface area contributed by atoms with Crippen molar-refractivity contribution < 1.29 is 23.9 Å². The van der Waals surface area contributed by atoms with Gasteiger partial charge in [0.15, 0.2) is 0 Å². The molecule has 1 saturated carbocycles. The minimum absolute atomic E-state index is 0.0109. The number of fused-ring (bicyclic) bond motifs is 1. The standard InChI is InChI=1S/C29H40N4O5/c1-2-38-29(37)32-19-17-31(18-20-32)26(34)21-13-15-30(16-14-21)24-12-8-11-23-25(24)28(36)33(27(23)35)22-9-6-4-3-5-7-10-22/h8,11-12,21-22H,2-7,9-10,13-20H2,1H3. The predicted octanol–water partition coefficient (Wildman–Crippen LogP) is 3.91. The number of nitrogens with zero attached hydrogens (tertiary/aromatic N) is 4. The molecule has 9 nitrogen and oxygen atoms in total. The van der Waals surface area contributed by atoms with E-state index < -0.39 is 0 Å². The highest BCUT2D eigenvalue weighted by Gasteiger charge is 2.42. The Morgan fingerprint density at radius 2 is 1.45 bits per heavy atom. The number of hydrogen-bond acceptors (Lipinski definition) is 6. The van der Waals surface area contributed by atoms with E-state index in [2.05, 4.69) is 4.90 Å². The van der Waals surface area contributed by atoms with Gasteiger partial charge in [-0.25, -0.2) is 4.79 Å². The summed E-state index contributed by atoms with van der Waals surface area (Å²) in [6.45, 7) is 5.51. The van der Waals surface area contributed by atoms with Crippen LogP contribution in [0, 0.1) is 5.92 Å². The van der Waals surface area contributed by atoms with Crippen LogP contribution in [0.15, 0.2) is 18.2 Å². The summed E-state index contributed by atoms with van der Waals surface area (Å²) in [5, 5.41) is 0. The van der Waals surface area contributed by atoms with E-state index in [4.69, 9.17) is 4.74 Å². The Kier molecular flexibility index (Phi) is 8.19. The van der Waals surface area contributed by atoms with E-state index in [-0.39, 0.29) is 35.8 Å². The average Bonchev–Trinajstić information content (AvgIpc) is 3.18. The number of piperidine rings is 1. The Morgan fingerprint density at radius 3 is 2.11 bits per heavy atom. The van der Waals surface area contributed by atoms with Crippen LogP contribution >= 0.6 is 0 Å². The van der Waals surface area contributed by atoms with E-state index in [1.807, 2.05) is 17.0 Å². The highest BCUT2D eigenvalue weighted by atomic mass is 16.6. The molecule has 0 unspecified atom stereocenters. The summed E-state index contributed by atoms with van der Waals surface area (Å²) >= 11 is 0. The van der Waals surface area contributed by atoms with Gasteiger partial charge in [0, 0.05) is 51.2 Å². The van der Waals surface area contributed by atoms with Crippen LogP contribution in [0.25, 0.3) is 0 Å². The molecule has 1 aromatic rings. The number of carbonyl (C=O) groups is 4. The number of benzene rings is 1. The summed E-state index contributed by atoms with van der Waals surface area (Å²) in [5.74, 6) is -0.220. The fraction of sp³-hybridized carbons (Fsp3) is 0.655. The van der Waals surface area contributed by atoms with Crippen LogP contribution in [0.1, 0.15) is 85.4 Å². The molecule has 3 aliphatic heterocycles. The maximum Gasteiger partial charge on any atom is 0.409 e. The van der Waals surface area contributed by atoms with E-state index in [0.29, 0.717) is 69.8 Å². The molecule has 0 atom stereocenters. The fourth-order valence-electron chi connectivity index (χ4n) is 6.52. The van der Waals surface area contributed by atoms with Gasteiger partial charge in [-0.1, -0.05) is 38.2 Å². The van der Waals surface area contributed by atoms with Crippen molar-refractivity contribution in [1.29, 1.82) is 0 Å². The first-order chi connectivity index (χ1) is 18.5. The molecule has 3 fully saturated rings. The lowest BCUT2D eigenvalue weighted by Gasteiger charge is -2.39. The fourth-order valence-corrected chi connectivity index (χ4v) is 6.52. The van der Waals surface area contributed by atoms with Crippen LogP contribution in [0.3, 0.4) is 0 Å². The molecule has 2 saturated heterocycles. The van der Waals surface area contributed by atoms with Gasteiger partial charge in [-0.3, -0.25) is 19.3 Å². The second kappa shape index (κ2) is 11.7. The topological polar surface area (TPSA) is 90.5 Å². The highest BCUT2D eigenvalue weighted by molar-refractivity contribution is 6.24. The Labute approximate surface area is 225 Å². The summed E-state index contributed by atoms with van der Waals surface area (Å²) in [6, 6.07) is 5.60. The van der Waals surface area contributed by atoms with Gasteiger partial charge in [-0.15, -0.1) is 0 Å². The van der Waals surface area contributed by atoms with Crippen LogP contribution in [-0.2, 0) is 9.53 Å². The number of rotatable bonds is 4. The second-order valence-electron chi connectivity index (χ2n) is 11.0. The van der Waals surface area contributed by atoms with Crippen LogP contribution < -0.4 is 4.90 Å². The van der Waals surface area contributed by atoms with Crippen molar-refractivity contribution in [2.75, 3.05) is 50.8 Å². The number of hydrogen-bond donors (Lipinski definition) is 0. The van der Waals surface area contributed by atoms with Crippen molar-refractivity contribution in [3.8, 4) is 0 Å². The molecule has 5 rings (SSSR count). The van der Waals surface area contributed by atoms with Crippen LogP contribution in [0.2, 0.25) is 0 Å². The minimum Gasteiger partial charge on any atom is -0.450 e. The van der Waals surface area contributed by atoms with Crippen molar-refractivity contribution in [3.63, 3.8) is 0 Å². The van der Waals surface area contributed by atoms with E-state index in [1.54, 1.807) is 22.8 Å². The molecule has 9 heteroatoms. The maximum atomic E-state index is 13.6. The molecular formula is C29H40N4O5. The molecule has 0 bridgehead atoms. The van der Waals surface area contributed by atoms with Crippen molar-refractivity contribution in [2.45, 2.75) is 70.8 Å². The third kappa shape index (κ3) is 5.24. The Morgan fingerprint density at radius 1 is 0.816 bits per heavy atom. The Bertz CT molecular complexity index is 1050. The molecule has 0 N–H and O–H groups in total. The lowest BCUT2D eigenvalue weighted by Crippen LogP contribution is -2.53. The summed E-state index contributed by atoms with van der Waals surface area (Å²) in [6.07, 6.45) is 8.56. The molecular weight excluding hydrogens is 484 g/mol. The first-order valence-corrected chi connectivity index (χ1v) is 14.5. The zero-order chi connectivity index (χ0) is 26.6. The number of carbonyl (C=O) groups excluding carboxylic acids is 4. The van der Waals surface area contributed by atoms with Gasteiger partial charge in [-0.05, 0) is 44.7 Å². The zero-order valence-corrected chi connectivity index (χ0v) is 22.5. The molecule has 4 amide bonds. The summed E-state index contributed by atoms with van der Waals surface area (Å²) < 4.78 is 5.07. The molecule has 38 heavy (non-hydrogen) atoms. The van der Waals surface area contributed by atoms with Gasteiger partial charge in [0.2, 0.25) is 5.91 Å². The largest absolute Gasteiger partial charge is 0.450 e. The van der Waals surface area contributed by atoms with Gasteiger partial charge in [0.05, 0.1) is 23.4 Å². The average molecular weight is 525 g/mol. The van der Waals surface area contributed by atoms with Crippen LogP contribution in [-0.4, -0.2) is 90.4 Å². The molecule has 0 aromatic heterocycles. The Balaban J connectivity index is 1.21. The van der Waals surface area contributed by atoms with E-state index >= 15 is 0 Å². The SMILES string of the molecule is CCOC(=O)N1CCN(C(=O)C2CCN(c3cccc4c3C(=O)N(C3CCCCCCC3)C4=O)CC2)CC1. The summed E-state index contributed by atoms with van der Waals surface area (Å²) in [4.78, 5) is 59.4. The van der Waals surface area contributed by atoms with Crippen molar-refractivity contribution in [2.24, 2.45) is 5.92 Å². The molecule has 206 valence electrons. The number of ether oxygens (including phenoxy) is 1. The quantitative estimate of drug-likeness (QED) is 0.555. The second-order valence-corrected chi connectivity index (χ2v) is 11.0. The molecule has 3 heterocycles. The van der Waals surface area contributed by atoms with Gasteiger partial charge in [0.25, 0.3) is 11.8 Å². The zero-order valence-electron chi connectivity index (χ0n) is 22.5. The van der Waals surface area contributed by atoms with Crippen LogP contribution in [0.4, 0.5) is 10.5 Å². The van der Waals surface area contributed by atoms with Crippen LogP contribution in [0.5, 0.6) is 0 Å². The third-order valence-electron chi connectivity index (χ3n) is 8.67. The van der Waals surface area contributed by atoms with Gasteiger partial charge in [0.1, 0.15) is 0 Å². The minimum atomic E-state index is -0.315. The summed E-state index contributed by atoms with van der Waals surface area (Å²) in [7, 11) is 0. The lowest BCUT2D eigenvalue weighted by atomic mass is 9.93. The normalized spacial score (nSPS) is 21.8. The first kappa shape index (κ1) is 26.5. The molecule has 4 aliphatic rings. The predicted molar refractivity (Wildman–Crippen MR) is 143 cm³/mol. The third-order valence-corrected chi connectivity index (χ3v) is 8.67. The lowest BCUT2D eigenvalue weighted by molar-refractivity contribution is -0.137. The summed E-state index contributed by atoms with van der Waals surface area (Å²) in [5.41, 5.74) is 1.88.